The van der Waals surface area contributed by atoms with E-state index >= 15 is 0 Å². The highest BCUT2D eigenvalue weighted by molar-refractivity contribution is 9.08. The Kier molecular flexibility index (Phi) is 3.15. The van der Waals surface area contributed by atoms with Gasteiger partial charge >= 0.3 is 0 Å². The number of nitrogens with zero attached hydrogens (tertiary/aromatic N) is 2. The number of hydrogen-bond donors (Lipinski definition) is 0. The molecule has 0 bridgehead atoms. The minimum atomic E-state index is 0.851. The first-order chi connectivity index (χ1) is 7.63. The zero-order valence-electron chi connectivity index (χ0n) is 9.79. The molecule has 2 aromatic rings. The maximum atomic E-state index is 4.54. The van der Waals surface area contributed by atoms with Gasteiger partial charge in [-0.15, -0.1) is 0 Å². The Morgan fingerprint density at radius 1 is 1.25 bits per heavy atom. The highest BCUT2D eigenvalue weighted by Gasteiger charge is 2.07. The summed E-state index contributed by atoms with van der Waals surface area (Å²) in [4.78, 5) is 0. The Morgan fingerprint density at radius 3 is 2.62 bits per heavy atom. The fourth-order valence-corrected chi connectivity index (χ4v) is 2.28. The molecule has 0 N–H and O–H groups in total. The highest BCUT2D eigenvalue weighted by atomic mass is 79.9. The molecule has 0 saturated heterocycles. The van der Waals surface area contributed by atoms with Gasteiger partial charge in [-0.1, -0.05) is 28.1 Å². The SMILES string of the molecule is Cc1cccc(-n2cc(CBr)c(C)n2)c1C. The van der Waals surface area contributed by atoms with Crippen LogP contribution in [0.25, 0.3) is 5.69 Å². The van der Waals surface area contributed by atoms with E-state index < -0.39 is 0 Å². The third-order valence-electron chi connectivity index (χ3n) is 2.97. The van der Waals surface area contributed by atoms with Crippen LogP contribution in [0, 0.1) is 20.8 Å². The Balaban J connectivity index is 2.54. The minimum absolute atomic E-state index is 0.851. The van der Waals surface area contributed by atoms with E-state index in [1.54, 1.807) is 0 Å². The third kappa shape index (κ3) is 1.92. The van der Waals surface area contributed by atoms with Gasteiger partial charge in [0, 0.05) is 17.1 Å². The molecule has 1 aromatic carbocycles. The van der Waals surface area contributed by atoms with Crippen LogP contribution in [0.5, 0.6) is 0 Å². The summed E-state index contributed by atoms with van der Waals surface area (Å²) >= 11 is 3.47. The van der Waals surface area contributed by atoms with Crippen LogP contribution in [-0.2, 0) is 5.33 Å². The van der Waals surface area contributed by atoms with Crippen LogP contribution in [0.2, 0.25) is 0 Å². The number of alkyl halides is 1. The predicted octanol–water partition coefficient (Wildman–Crippen LogP) is 3.69. The molecule has 0 aliphatic carbocycles. The van der Waals surface area contributed by atoms with Crippen molar-refractivity contribution in [1.82, 2.24) is 9.78 Å². The Morgan fingerprint density at radius 2 is 2.00 bits per heavy atom. The molecular formula is C13H15BrN2. The molecule has 16 heavy (non-hydrogen) atoms. The summed E-state index contributed by atoms with van der Waals surface area (Å²) in [6.07, 6.45) is 2.09. The number of aryl methyl sites for hydroxylation is 2. The zero-order valence-corrected chi connectivity index (χ0v) is 11.4. The Bertz CT molecular complexity index is 515. The standard InChI is InChI=1S/C13H15BrN2/c1-9-5-4-6-13(10(9)2)16-8-12(7-14)11(3)15-16/h4-6,8H,7H2,1-3H3. The summed E-state index contributed by atoms with van der Waals surface area (Å²) in [5, 5.41) is 5.39. The maximum absolute atomic E-state index is 4.54. The van der Waals surface area contributed by atoms with Crippen molar-refractivity contribution in [2.75, 3.05) is 0 Å². The second kappa shape index (κ2) is 4.42. The second-order valence-electron chi connectivity index (χ2n) is 4.04. The number of aromatic nitrogens is 2. The number of hydrogen-bond acceptors (Lipinski definition) is 1. The van der Waals surface area contributed by atoms with Gasteiger partial charge in [0.05, 0.1) is 11.4 Å². The van der Waals surface area contributed by atoms with Crippen molar-refractivity contribution in [1.29, 1.82) is 0 Å². The lowest BCUT2D eigenvalue weighted by molar-refractivity contribution is 0.854. The normalized spacial score (nSPS) is 10.8. The molecule has 3 heteroatoms. The van der Waals surface area contributed by atoms with E-state index in [1.165, 1.54) is 16.7 Å². The molecule has 0 amide bonds. The molecular weight excluding hydrogens is 264 g/mol. The van der Waals surface area contributed by atoms with Gasteiger partial charge in [-0.05, 0) is 38.0 Å². The molecule has 1 heterocycles. The van der Waals surface area contributed by atoms with E-state index in [0.717, 1.165) is 16.7 Å². The van der Waals surface area contributed by atoms with Crippen molar-refractivity contribution < 1.29 is 0 Å². The van der Waals surface area contributed by atoms with Crippen LogP contribution in [-0.4, -0.2) is 9.78 Å². The van der Waals surface area contributed by atoms with Crippen molar-refractivity contribution in [2.24, 2.45) is 0 Å². The molecule has 2 rings (SSSR count). The van der Waals surface area contributed by atoms with Crippen LogP contribution in [0.3, 0.4) is 0 Å². The minimum Gasteiger partial charge on any atom is -0.240 e. The summed E-state index contributed by atoms with van der Waals surface area (Å²) in [6.45, 7) is 6.30. The monoisotopic (exact) mass is 278 g/mol. The molecule has 0 unspecified atom stereocenters. The van der Waals surface area contributed by atoms with Crippen molar-refractivity contribution >= 4 is 15.9 Å². The summed E-state index contributed by atoms with van der Waals surface area (Å²) in [5.41, 5.74) is 6.06. The van der Waals surface area contributed by atoms with Gasteiger partial charge in [-0.2, -0.15) is 5.10 Å². The van der Waals surface area contributed by atoms with E-state index in [9.17, 15) is 0 Å². The average Bonchev–Trinajstić information content (AvgIpc) is 2.63. The molecule has 0 aliphatic heterocycles. The van der Waals surface area contributed by atoms with E-state index in [2.05, 4.69) is 59.3 Å². The maximum Gasteiger partial charge on any atom is 0.0677 e. The first-order valence-corrected chi connectivity index (χ1v) is 6.43. The topological polar surface area (TPSA) is 17.8 Å². The van der Waals surface area contributed by atoms with Gasteiger partial charge in [-0.3, -0.25) is 0 Å². The Labute approximate surface area is 104 Å². The van der Waals surface area contributed by atoms with Crippen LogP contribution >= 0.6 is 15.9 Å². The first-order valence-electron chi connectivity index (χ1n) is 5.31. The van der Waals surface area contributed by atoms with Crippen molar-refractivity contribution in [3.05, 3.63) is 46.8 Å². The summed E-state index contributed by atoms with van der Waals surface area (Å²) in [5.74, 6) is 0. The fourth-order valence-electron chi connectivity index (χ4n) is 1.73. The van der Waals surface area contributed by atoms with Gasteiger partial charge in [0.15, 0.2) is 0 Å². The van der Waals surface area contributed by atoms with Gasteiger partial charge in [-0.25, -0.2) is 4.68 Å². The molecule has 0 radical (unpaired) electrons. The van der Waals surface area contributed by atoms with E-state index in [4.69, 9.17) is 0 Å². The first kappa shape index (κ1) is 11.4. The molecule has 0 aliphatic rings. The quantitative estimate of drug-likeness (QED) is 0.766. The second-order valence-corrected chi connectivity index (χ2v) is 4.60. The molecule has 0 fully saturated rings. The van der Waals surface area contributed by atoms with Crippen molar-refractivity contribution in [2.45, 2.75) is 26.1 Å². The highest BCUT2D eigenvalue weighted by Crippen LogP contribution is 2.19. The van der Waals surface area contributed by atoms with Gasteiger partial charge < -0.3 is 0 Å². The van der Waals surface area contributed by atoms with E-state index in [0.29, 0.717) is 0 Å². The fraction of sp³-hybridized carbons (Fsp3) is 0.308. The smallest absolute Gasteiger partial charge is 0.0677 e. The lowest BCUT2D eigenvalue weighted by Crippen LogP contribution is -1.99. The molecule has 0 spiro atoms. The number of rotatable bonds is 2. The van der Waals surface area contributed by atoms with Crippen molar-refractivity contribution in [3.8, 4) is 5.69 Å². The largest absolute Gasteiger partial charge is 0.240 e. The van der Waals surface area contributed by atoms with Crippen LogP contribution < -0.4 is 0 Å². The molecule has 0 saturated carbocycles. The Hall–Kier alpha value is -1.09. The molecule has 1 aromatic heterocycles. The molecule has 0 atom stereocenters. The molecule has 2 nitrogen and oxygen atoms in total. The zero-order chi connectivity index (χ0) is 11.7. The summed E-state index contributed by atoms with van der Waals surface area (Å²) < 4.78 is 1.97. The number of benzene rings is 1. The lowest BCUT2D eigenvalue weighted by Gasteiger charge is -2.07. The lowest BCUT2D eigenvalue weighted by atomic mass is 10.1. The van der Waals surface area contributed by atoms with Crippen LogP contribution in [0.1, 0.15) is 22.4 Å². The summed E-state index contributed by atoms with van der Waals surface area (Å²) in [7, 11) is 0. The van der Waals surface area contributed by atoms with Crippen LogP contribution in [0.15, 0.2) is 24.4 Å². The van der Waals surface area contributed by atoms with Crippen molar-refractivity contribution in [3.63, 3.8) is 0 Å². The third-order valence-corrected chi connectivity index (χ3v) is 3.57. The van der Waals surface area contributed by atoms with Crippen LogP contribution in [0.4, 0.5) is 0 Å². The van der Waals surface area contributed by atoms with Gasteiger partial charge in [0.25, 0.3) is 0 Å². The van der Waals surface area contributed by atoms with E-state index in [1.807, 2.05) is 11.6 Å². The summed E-state index contributed by atoms with van der Waals surface area (Å²) in [6, 6.07) is 6.30. The van der Waals surface area contributed by atoms with E-state index in [-0.39, 0.29) is 0 Å². The number of halogens is 1. The molecule has 84 valence electrons. The van der Waals surface area contributed by atoms with Gasteiger partial charge in [0.1, 0.15) is 0 Å². The average molecular weight is 279 g/mol. The predicted molar refractivity (Wildman–Crippen MR) is 70.4 cm³/mol. The van der Waals surface area contributed by atoms with Gasteiger partial charge in [0.2, 0.25) is 0 Å².